The maximum absolute atomic E-state index is 8.81. The Morgan fingerprint density at radius 1 is 1.50 bits per heavy atom. The van der Waals surface area contributed by atoms with Crippen molar-refractivity contribution in [3.05, 3.63) is 24.0 Å². The number of tetrazole rings is 1. The summed E-state index contributed by atoms with van der Waals surface area (Å²) in [5.41, 5.74) is 0.639. The molecule has 2 aromatic heterocycles. The fourth-order valence-electron chi connectivity index (χ4n) is 1.12. The first-order valence-electron chi connectivity index (χ1n) is 4.12. The van der Waals surface area contributed by atoms with Gasteiger partial charge in [-0.3, -0.25) is 0 Å². The minimum absolute atomic E-state index is 0.0515. The van der Waals surface area contributed by atoms with Crippen LogP contribution < -0.4 is 0 Å². The van der Waals surface area contributed by atoms with Crippen LogP contribution in [0.25, 0.3) is 0 Å². The van der Waals surface area contributed by atoms with Crippen LogP contribution in [0.4, 0.5) is 0 Å². The zero-order valence-corrected chi connectivity index (χ0v) is 7.70. The molecule has 7 heteroatoms. The topological polar surface area (TPSA) is 81.7 Å². The van der Waals surface area contributed by atoms with Crippen molar-refractivity contribution in [3.63, 3.8) is 0 Å². The SMILES string of the molecule is Cn1nnnc1Cn1cnc(CO)c1. The number of hydrogen-bond donors (Lipinski definition) is 1. The molecular weight excluding hydrogens is 184 g/mol. The summed E-state index contributed by atoms with van der Waals surface area (Å²) in [5.74, 6) is 0.742. The van der Waals surface area contributed by atoms with E-state index < -0.39 is 0 Å². The van der Waals surface area contributed by atoms with E-state index in [1.54, 1.807) is 24.3 Å². The van der Waals surface area contributed by atoms with Gasteiger partial charge in [0.2, 0.25) is 0 Å². The van der Waals surface area contributed by atoms with Crippen LogP contribution in [-0.4, -0.2) is 34.9 Å². The Hall–Kier alpha value is -1.76. The first kappa shape index (κ1) is 8.82. The van der Waals surface area contributed by atoms with E-state index in [9.17, 15) is 0 Å². The van der Waals surface area contributed by atoms with Crippen molar-refractivity contribution in [3.8, 4) is 0 Å². The Morgan fingerprint density at radius 2 is 2.36 bits per heavy atom. The third kappa shape index (κ3) is 1.62. The standard InChI is InChI=1S/C7H10N6O/c1-12-7(9-10-11-12)3-13-2-6(4-14)8-5-13/h2,5,14H,3-4H2,1H3. The lowest BCUT2D eigenvalue weighted by molar-refractivity contribution is 0.277. The number of aliphatic hydroxyl groups is 1. The number of aliphatic hydroxyl groups excluding tert-OH is 1. The third-order valence-corrected chi connectivity index (χ3v) is 1.88. The lowest BCUT2D eigenvalue weighted by Crippen LogP contribution is -2.05. The molecule has 1 N–H and O–H groups in total. The summed E-state index contributed by atoms with van der Waals surface area (Å²) in [6.45, 7) is 0.501. The summed E-state index contributed by atoms with van der Waals surface area (Å²) in [4.78, 5) is 3.98. The molecule has 14 heavy (non-hydrogen) atoms. The molecule has 0 amide bonds. The molecule has 7 nitrogen and oxygen atoms in total. The van der Waals surface area contributed by atoms with E-state index in [0.29, 0.717) is 12.2 Å². The summed E-state index contributed by atoms with van der Waals surface area (Å²) in [5, 5.41) is 19.9. The monoisotopic (exact) mass is 194 g/mol. The van der Waals surface area contributed by atoms with Crippen molar-refractivity contribution in [1.29, 1.82) is 0 Å². The van der Waals surface area contributed by atoms with Gasteiger partial charge in [-0.05, 0) is 10.4 Å². The molecule has 0 saturated carbocycles. The van der Waals surface area contributed by atoms with Crippen LogP contribution >= 0.6 is 0 Å². The van der Waals surface area contributed by atoms with E-state index in [0.717, 1.165) is 5.82 Å². The molecule has 0 unspecified atom stereocenters. The Morgan fingerprint density at radius 3 is 2.93 bits per heavy atom. The maximum Gasteiger partial charge on any atom is 0.170 e. The second kappa shape index (κ2) is 3.54. The minimum Gasteiger partial charge on any atom is -0.390 e. The molecule has 0 bridgehead atoms. The quantitative estimate of drug-likeness (QED) is 0.674. The highest BCUT2D eigenvalue weighted by molar-refractivity contribution is 4.96. The fourth-order valence-corrected chi connectivity index (χ4v) is 1.12. The summed E-state index contributed by atoms with van der Waals surface area (Å²) in [7, 11) is 1.78. The van der Waals surface area contributed by atoms with Gasteiger partial charge < -0.3 is 9.67 Å². The number of hydrogen-bond acceptors (Lipinski definition) is 5. The van der Waals surface area contributed by atoms with E-state index >= 15 is 0 Å². The molecule has 0 aliphatic carbocycles. The van der Waals surface area contributed by atoms with Gasteiger partial charge in [-0.25, -0.2) is 9.67 Å². The lowest BCUT2D eigenvalue weighted by atomic mass is 10.5. The van der Waals surface area contributed by atoms with Crippen molar-refractivity contribution in [1.82, 2.24) is 29.8 Å². The van der Waals surface area contributed by atoms with Crippen molar-refractivity contribution in [2.24, 2.45) is 7.05 Å². The highest BCUT2D eigenvalue weighted by Crippen LogP contribution is 1.99. The van der Waals surface area contributed by atoms with Crippen LogP contribution in [0.3, 0.4) is 0 Å². The fraction of sp³-hybridized carbons (Fsp3) is 0.429. The average Bonchev–Trinajstić information content (AvgIpc) is 2.77. The molecular formula is C7H10N6O. The molecule has 0 aliphatic rings. The average molecular weight is 194 g/mol. The summed E-state index contributed by atoms with van der Waals surface area (Å²) in [6.07, 6.45) is 3.40. The van der Waals surface area contributed by atoms with Gasteiger partial charge in [-0.15, -0.1) is 5.10 Å². The van der Waals surface area contributed by atoms with E-state index in [1.165, 1.54) is 0 Å². The normalized spacial score (nSPS) is 10.7. The van der Waals surface area contributed by atoms with Crippen molar-refractivity contribution in [2.45, 2.75) is 13.2 Å². The number of nitrogens with zero attached hydrogens (tertiary/aromatic N) is 6. The first-order chi connectivity index (χ1) is 6.79. The van der Waals surface area contributed by atoms with Crippen LogP contribution in [0.15, 0.2) is 12.5 Å². The molecule has 0 fully saturated rings. The largest absolute Gasteiger partial charge is 0.390 e. The summed E-state index contributed by atoms with van der Waals surface area (Å²) < 4.78 is 3.41. The summed E-state index contributed by atoms with van der Waals surface area (Å²) >= 11 is 0. The van der Waals surface area contributed by atoms with Gasteiger partial charge >= 0.3 is 0 Å². The molecule has 74 valence electrons. The molecule has 0 aromatic carbocycles. The predicted molar refractivity (Wildman–Crippen MR) is 46.0 cm³/mol. The molecule has 0 aliphatic heterocycles. The van der Waals surface area contributed by atoms with Crippen LogP contribution in [0.1, 0.15) is 11.5 Å². The molecule has 0 saturated heterocycles. The van der Waals surface area contributed by atoms with Crippen molar-refractivity contribution >= 4 is 0 Å². The molecule has 0 spiro atoms. The zero-order valence-electron chi connectivity index (χ0n) is 7.70. The number of aromatic nitrogens is 6. The number of imidazole rings is 1. The summed E-state index contributed by atoms with van der Waals surface area (Å²) in [6, 6.07) is 0. The molecule has 0 atom stereocenters. The molecule has 2 heterocycles. The van der Waals surface area contributed by atoms with Crippen LogP contribution in [0.5, 0.6) is 0 Å². The minimum atomic E-state index is -0.0515. The van der Waals surface area contributed by atoms with Gasteiger partial charge in [0.1, 0.15) is 0 Å². The second-order valence-electron chi connectivity index (χ2n) is 2.91. The van der Waals surface area contributed by atoms with Crippen LogP contribution in [0.2, 0.25) is 0 Å². The van der Waals surface area contributed by atoms with Gasteiger partial charge in [0, 0.05) is 13.2 Å². The Bertz CT molecular complexity index is 419. The maximum atomic E-state index is 8.81. The Labute approximate surface area is 80.0 Å². The van der Waals surface area contributed by atoms with Crippen molar-refractivity contribution < 1.29 is 5.11 Å². The molecule has 0 radical (unpaired) electrons. The van der Waals surface area contributed by atoms with E-state index in [4.69, 9.17) is 5.11 Å². The predicted octanol–water partition coefficient (Wildman–Crippen LogP) is -1.05. The van der Waals surface area contributed by atoms with Crippen molar-refractivity contribution in [2.75, 3.05) is 0 Å². The smallest absolute Gasteiger partial charge is 0.170 e. The third-order valence-electron chi connectivity index (χ3n) is 1.88. The number of aryl methyl sites for hydroxylation is 1. The highest BCUT2D eigenvalue weighted by Gasteiger charge is 2.03. The van der Waals surface area contributed by atoms with Crippen LogP contribution in [0, 0.1) is 0 Å². The first-order valence-corrected chi connectivity index (χ1v) is 4.12. The van der Waals surface area contributed by atoms with Crippen LogP contribution in [-0.2, 0) is 20.2 Å². The van der Waals surface area contributed by atoms with E-state index in [2.05, 4.69) is 20.5 Å². The highest BCUT2D eigenvalue weighted by atomic mass is 16.3. The lowest BCUT2D eigenvalue weighted by Gasteiger charge is -1.98. The van der Waals surface area contributed by atoms with E-state index in [-0.39, 0.29) is 6.61 Å². The van der Waals surface area contributed by atoms with Gasteiger partial charge in [-0.1, -0.05) is 0 Å². The van der Waals surface area contributed by atoms with Gasteiger partial charge in [0.25, 0.3) is 0 Å². The molecule has 2 rings (SSSR count). The zero-order chi connectivity index (χ0) is 9.97. The Balaban J connectivity index is 2.15. The van der Waals surface area contributed by atoms with E-state index in [1.807, 2.05) is 4.57 Å². The van der Waals surface area contributed by atoms with Gasteiger partial charge in [-0.2, -0.15) is 0 Å². The second-order valence-corrected chi connectivity index (χ2v) is 2.91. The van der Waals surface area contributed by atoms with Gasteiger partial charge in [0.15, 0.2) is 5.82 Å². The number of rotatable bonds is 3. The van der Waals surface area contributed by atoms with Gasteiger partial charge in [0.05, 0.1) is 25.2 Å². The Kier molecular flexibility index (Phi) is 2.23. The molecule has 2 aromatic rings.